The van der Waals surface area contributed by atoms with Crippen LogP contribution in [0.1, 0.15) is 24.5 Å². The van der Waals surface area contributed by atoms with E-state index < -0.39 is 41.8 Å². The van der Waals surface area contributed by atoms with Crippen LogP contribution >= 0.6 is 0 Å². The molecule has 0 fully saturated rings. The van der Waals surface area contributed by atoms with Gasteiger partial charge in [0.15, 0.2) is 0 Å². The largest absolute Gasteiger partial charge is 0.508 e. The first-order chi connectivity index (χ1) is 16.2. The maximum atomic E-state index is 12.3. The molecule has 0 aliphatic rings. The molecular formula is C24H31N5O5. The summed E-state index contributed by atoms with van der Waals surface area (Å²) in [4.78, 5) is 48.4. The lowest BCUT2D eigenvalue weighted by atomic mass is 10.0. The Labute approximate surface area is 198 Å². The molecule has 0 spiro atoms. The maximum absolute atomic E-state index is 12.3. The second-order valence-corrected chi connectivity index (χ2v) is 7.97. The summed E-state index contributed by atoms with van der Waals surface area (Å²) in [6, 6.07) is 13.0. The van der Waals surface area contributed by atoms with Gasteiger partial charge in [0.2, 0.25) is 23.6 Å². The Kier molecular flexibility index (Phi) is 10.0. The molecule has 10 heteroatoms. The molecule has 0 heterocycles. The SMILES string of the molecule is C[C@@H](NC(=O)[C@@H](N)Cc1ccc(O)cc1)C(=O)NCC(=O)N[C@@H](CCc1ccccc1)C(N)=O. The molecule has 0 saturated carbocycles. The molecule has 2 rings (SSSR count). The normalized spacial score (nSPS) is 13.2. The van der Waals surface area contributed by atoms with Gasteiger partial charge in [0, 0.05) is 0 Å². The Bertz CT molecular complexity index is 981. The molecule has 2 aromatic carbocycles. The number of primary amides is 1. The van der Waals surface area contributed by atoms with Crippen molar-refractivity contribution in [3.63, 3.8) is 0 Å². The lowest BCUT2D eigenvalue weighted by molar-refractivity contribution is -0.131. The molecule has 0 bridgehead atoms. The summed E-state index contributed by atoms with van der Waals surface area (Å²) < 4.78 is 0. The Morgan fingerprint density at radius 1 is 0.912 bits per heavy atom. The monoisotopic (exact) mass is 469 g/mol. The summed E-state index contributed by atoms with van der Waals surface area (Å²) in [5, 5.41) is 16.7. The molecule has 0 aromatic heterocycles. The third-order valence-electron chi connectivity index (χ3n) is 5.15. The van der Waals surface area contributed by atoms with Crippen molar-refractivity contribution in [1.29, 1.82) is 0 Å². The zero-order valence-corrected chi connectivity index (χ0v) is 19.0. The van der Waals surface area contributed by atoms with Crippen LogP contribution in [0.5, 0.6) is 5.75 Å². The van der Waals surface area contributed by atoms with Gasteiger partial charge in [-0.25, -0.2) is 0 Å². The fourth-order valence-electron chi connectivity index (χ4n) is 3.17. The topological polar surface area (TPSA) is 177 Å². The van der Waals surface area contributed by atoms with E-state index in [4.69, 9.17) is 11.5 Å². The standard InChI is InChI=1S/C24H31N5O5/c1-15(28-24(34)19(25)13-17-7-10-18(30)11-8-17)23(33)27-14-21(31)29-20(22(26)32)12-9-16-5-3-2-4-6-16/h2-8,10-11,15,19-20,30H,9,12-14,25H2,1H3,(H2,26,32)(H,27,33)(H,28,34)(H,29,31)/t15-,19+,20+/m1/s1. The van der Waals surface area contributed by atoms with Gasteiger partial charge in [0.1, 0.15) is 17.8 Å². The first-order valence-electron chi connectivity index (χ1n) is 10.9. The minimum absolute atomic E-state index is 0.106. The minimum atomic E-state index is -0.934. The van der Waals surface area contributed by atoms with E-state index in [-0.39, 0.29) is 18.7 Å². The second kappa shape index (κ2) is 12.9. The minimum Gasteiger partial charge on any atom is -0.508 e. The summed E-state index contributed by atoms with van der Waals surface area (Å²) in [5.74, 6) is -2.25. The number of nitrogens with one attached hydrogen (secondary N) is 3. The fraction of sp³-hybridized carbons (Fsp3) is 0.333. The highest BCUT2D eigenvalue weighted by Crippen LogP contribution is 2.11. The van der Waals surface area contributed by atoms with Gasteiger partial charge in [-0.15, -0.1) is 0 Å². The molecule has 3 atom stereocenters. The number of aryl methyl sites for hydroxylation is 1. The number of hydrogen-bond acceptors (Lipinski definition) is 6. The van der Waals surface area contributed by atoms with E-state index in [2.05, 4.69) is 16.0 Å². The number of rotatable bonds is 12. The van der Waals surface area contributed by atoms with E-state index in [1.165, 1.54) is 19.1 Å². The number of amides is 4. The number of hydrogen-bond donors (Lipinski definition) is 6. The van der Waals surface area contributed by atoms with E-state index in [9.17, 15) is 24.3 Å². The van der Waals surface area contributed by atoms with E-state index in [0.717, 1.165) is 11.1 Å². The van der Waals surface area contributed by atoms with Crippen molar-refractivity contribution in [1.82, 2.24) is 16.0 Å². The van der Waals surface area contributed by atoms with Gasteiger partial charge in [0.05, 0.1) is 12.6 Å². The molecule has 182 valence electrons. The molecule has 2 aromatic rings. The van der Waals surface area contributed by atoms with Gasteiger partial charge in [-0.3, -0.25) is 19.2 Å². The van der Waals surface area contributed by atoms with Crippen LogP contribution in [0.15, 0.2) is 54.6 Å². The maximum Gasteiger partial charge on any atom is 0.242 e. The summed E-state index contributed by atoms with van der Waals surface area (Å²) in [5.41, 5.74) is 13.0. The smallest absolute Gasteiger partial charge is 0.242 e. The molecule has 0 saturated heterocycles. The van der Waals surface area contributed by atoms with Crippen LogP contribution in [0.25, 0.3) is 0 Å². The molecule has 10 nitrogen and oxygen atoms in total. The van der Waals surface area contributed by atoms with Gasteiger partial charge in [-0.1, -0.05) is 42.5 Å². The molecule has 34 heavy (non-hydrogen) atoms. The van der Waals surface area contributed by atoms with Crippen LogP contribution in [0.2, 0.25) is 0 Å². The number of aromatic hydroxyl groups is 1. The summed E-state index contributed by atoms with van der Waals surface area (Å²) in [6.07, 6.45) is 1.10. The van der Waals surface area contributed by atoms with Crippen LogP contribution in [0.4, 0.5) is 0 Å². The van der Waals surface area contributed by atoms with Crippen molar-refractivity contribution in [2.75, 3.05) is 6.54 Å². The average molecular weight is 470 g/mol. The highest BCUT2D eigenvalue weighted by molar-refractivity contribution is 5.92. The van der Waals surface area contributed by atoms with E-state index in [1.54, 1.807) is 12.1 Å². The molecular weight excluding hydrogens is 438 g/mol. The van der Waals surface area contributed by atoms with E-state index >= 15 is 0 Å². The quantitative estimate of drug-likeness (QED) is 0.244. The number of carbonyl (C=O) groups is 4. The predicted octanol–water partition coefficient (Wildman–Crippen LogP) is -0.514. The summed E-state index contributed by atoms with van der Waals surface area (Å²) in [7, 11) is 0. The van der Waals surface area contributed by atoms with Crippen LogP contribution in [0, 0.1) is 0 Å². The van der Waals surface area contributed by atoms with Crippen molar-refractivity contribution >= 4 is 23.6 Å². The van der Waals surface area contributed by atoms with E-state index in [1.807, 2.05) is 30.3 Å². The first kappa shape index (κ1) is 26.3. The lowest BCUT2D eigenvalue weighted by Crippen LogP contribution is -2.53. The molecule has 0 aliphatic heterocycles. The first-order valence-corrected chi connectivity index (χ1v) is 10.9. The van der Waals surface area contributed by atoms with Crippen LogP contribution < -0.4 is 27.4 Å². The van der Waals surface area contributed by atoms with Crippen molar-refractivity contribution in [3.05, 3.63) is 65.7 Å². The van der Waals surface area contributed by atoms with Gasteiger partial charge in [-0.05, 0) is 49.4 Å². The van der Waals surface area contributed by atoms with Crippen molar-refractivity contribution < 1.29 is 24.3 Å². The van der Waals surface area contributed by atoms with Crippen molar-refractivity contribution in [2.24, 2.45) is 11.5 Å². The zero-order chi connectivity index (χ0) is 25.1. The third-order valence-corrected chi connectivity index (χ3v) is 5.15. The summed E-state index contributed by atoms with van der Waals surface area (Å²) in [6.45, 7) is 1.08. The molecule has 0 unspecified atom stereocenters. The number of nitrogens with two attached hydrogens (primary N) is 2. The van der Waals surface area contributed by atoms with Gasteiger partial charge >= 0.3 is 0 Å². The lowest BCUT2D eigenvalue weighted by Gasteiger charge is -2.18. The van der Waals surface area contributed by atoms with Crippen molar-refractivity contribution in [2.45, 2.75) is 44.3 Å². The predicted molar refractivity (Wildman–Crippen MR) is 126 cm³/mol. The molecule has 4 amide bonds. The summed E-state index contributed by atoms with van der Waals surface area (Å²) >= 11 is 0. The van der Waals surface area contributed by atoms with E-state index in [0.29, 0.717) is 12.8 Å². The highest BCUT2D eigenvalue weighted by atomic mass is 16.3. The molecule has 0 radical (unpaired) electrons. The van der Waals surface area contributed by atoms with Gasteiger partial charge in [-0.2, -0.15) is 0 Å². The number of benzene rings is 2. The zero-order valence-electron chi connectivity index (χ0n) is 19.0. The van der Waals surface area contributed by atoms with Gasteiger partial charge in [0.25, 0.3) is 0 Å². The third kappa shape index (κ3) is 8.91. The number of phenolic OH excluding ortho intramolecular Hbond substituents is 1. The van der Waals surface area contributed by atoms with Crippen LogP contribution in [-0.2, 0) is 32.0 Å². The highest BCUT2D eigenvalue weighted by Gasteiger charge is 2.22. The van der Waals surface area contributed by atoms with Crippen molar-refractivity contribution in [3.8, 4) is 5.75 Å². The van der Waals surface area contributed by atoms with Crippen LogP contribution in [-0.4, -0.2) is 53.4 Å². The average Bonchev–Trinajstić information content (AvgIpc) is 2.81. The Hall–Kier alpha value is -3.92. The number of carbonyl (C=O) groups excluding carboxylic acids is 4. The molecule has 0 aliphatic carbocycles. The van der Waals surface area contributed by atoms with Crippen LogP contribution in [0.3, 0.4) is 0 Å². The van der Waals surface area contributed by atoms with Gasteiger partial charge < -0.3 is 32.5 Å². The Morgan fingerprint density at radius 3 is 2.18 bits per heavy atom. The second-order valence-electron chi connectivity index (χ2n) is 7.97. The molecule has 8 N–H and O–H groups in total. The Morgan fingerprint density at radius 2 is 1.56 bits per heavy atom. The fourth-order valence-corrected chi connectivity index (χ4v) is 3.17. The Balaban J connectivity index is 1.75. The number of phenols is 1.